The fourth-order valence-corrected chi connectivity index (χ4v) is 4.47. The number of halogens is 3. The van der Waals surface area contributed by atoms with Gasteiger partial charge in [-0.2, -0.15) is 0 Å². The Kier molecular flexibility index (Phi) is 7.95. The van der Waals surface area contributed by atoms with Gasteiger partial charge in [-0.1, -0.05) is 37.9 Å². The van der Waals surface area contributed by atoms with Gasteiger partial charge in [0, 0.05) is 27.1 Å². The van der Waals surface area contributed by atoms with E-state index < -0.39 is 29.9 Å². The first kappa shape index (κ1) is 23.6. The van der Waals surface area contributed by atoms with Crippen LogP contribution in [-0.4, -0.2) is 40.8 Å². The quantitative estimate of drug-likeness (QED) is 0.392. The lowest BCUT2D eigenvalue weighted by Crippen LogP contribution is -2.36. The van der Waals surface area contributed by atoms with Crippen molar-refractivity contribution in [2.75, 3.05) is 11.9 Å². The van der Waals surface area contributed by atoms with E-state index in [0.717, 1.165) is 0 Å². The highest BCUT2D eigenvalue weighted by atomic mass is 79.9. The van der Waals surface area contributed by atoms with Crippen LogP contribution in [0.15, 0.2) is 50.5 Å². The van der Waals surface area contributed by atoms with Gasteiger partial charge in [-0.25, -0.2) is 19.0 Å². The molecular weight excluding hydrogens is 557 g/mol. The third-order valence-electron chi connectivity index (χ3n) is 4.27. The van der Waals surface area contributed by atoms with Crippen LogP contribution < -0.4 is 5.32 Å². The number of alkyl halides is 1. The molecule has 1 aliphatic rings. The summed E-state index contributed by atoms with van der Waals surface area (Å²) >= 11 is 8.14. The van der Waals surface area contributed by atoms with Crippen LogP contribution in [0.1, 0.15) is 30.5 Å². The monoisotopic (exact) mass is 573 g/mol. The fourth-order valence-electron chi connectivity index (χ4n) is 2.87. The number of rotatable bonds is 7. The summed E-state index contributed by atoms with van der Waals surface area (Å²) in [5, 5.41) is 5.85. The van der Waals surface area contributed by atoms with Gasteiger partial charge in [0.1, 0.15) is 11.9 Å². The first-order chi connectivity index (χ1) is 14.8. The smallest absolute Gasteiger partial charge is 0.347 e. The van der Waals surface area contributed by atoms with Gasteiger partial charge >= 0.3 is 11.9 Å². The third-order valence-corrected chi connectivity index (χ3v) is 6.30. The fraction of sp³-hybridized carbons (Fsp3) is 0.300. The zero-order valence-corrected chi connectivity index (χ0v) is 20.5. The molecule has 31 heavy (non-hydrogen) atoms. The topological polar surface area (TPSA) is 89.9 Å². The van der Waals surface area contributed by atoms with E-state index in [9.17, 15) is 14.0 Å². The number of hydrogen-bond donors (Lipinski definition) is 1. The molecule has 164 valence electrons. The second-order valence-electron chi connectivity index (χ2n) is 6.33. The molecule has 1 aromatic carbocycles. The van der Waals surface area contributed by atoms with E-state index in [0.29, 0.717) is 26.6 Å². The van der Waals surface area contributed by atoms with Crippen LogP contribution in [0.25, 0.3) is 0 Å². The van der Waals surface area contributed by atoms with Crippen LogP contribution in [0.5, 0.6) is 0 Å². The molecule has 11 heteroatoms. The van der Waals surface area contributed by atoms with Gasteiger partial charge in [0.2, 0.25) is 0 Å². The van der Waals surface area contributed by atoms with E-state index in [1.165, 1.54) is 30.4 Å². The number of nitrogens with zero attached hydrogens (tertiary/aromatic N) is 2. The number of thiazole rings is 1. The van der Waals surface area contributed by atoms with Crippen LogP contribution >= 0.6 is 43.2 Å². The Bertz CT molecular complexity index is 1040. The molecule has 0 radical (unpaired) electrons. The summed E-state index contributed by atoms with van der Waals surface area (Å²) in [5.41, 5.74) is 1.26. The SMILES string of the molecule is CCOC(=O)C(C)OC(=O)C1=C(CBr)NC(c2nccs2)=NC1c1ccc(F)cc1Br. The Balaban J connectivity index is 2.05. The molecule has 2 unspecified atom stereocenters. The number of aromatic nitrogens is 1. The molecule has 0 saturated heterocycles. The van der Waals surface area contributed by atoms with Crippen molar-refractivity contribution in [2.45, 2.75) is 26.0 Å². The molecule has 0 amide bonds. The summed E-state index contributed by atoms with van der Waals surface area (Å²) in [5.74, 6) is -1.34. The van der Waals surface area contributed by atoms with Crippen molar-refractivity contribution in [3.63, 3.8) is 0 Å². The lowest BCUT2D eigenvalue weighted by atomic mass is 9.96. The Hall–Kier alpha value is -2.11. The van der Waals surface area contributed by atoms with Crippen molar-refractivity contribution in [2.24, 2.45) is 4.99 Å². The summed E-state index contributed by atoms with van der Waals surface area (Å²) < 4.78 is 24.4. The number of carbonyl (C=O) groups excluding carboxylic acids is 2. The molecule has 0 aliphatic carbocycles. The first-order valence-corrected chi connectivity index (χ1v) is 12.0. The van der Waals surface area contributed by atoms with Gasteiger partial charge in [-0.3, -0.25) is 4.99 Å². The van der Waals surface area contributed by atoms with Gasteiger partial charge in [0.25, 0.3) is 0 Å². The molecule has 2 aromatic rings. The van der Waals surface area contributed by atoms with Crippen molar-refractivity contribution in [1.82, 2.24) is 10.3 Å². The lowest BCUT2D eigenvalue weighted by Gasteiger charge is -2.27. The van der Waals surface area contributed by atoms with Crippen molar-refractivity contribution in [3.05, 3.63) is 61.9 Å². The highest BCUT2D eigenvalue weighted by Crippen LogP contribution is 2.37. The maximum absolute atomic E-state index is 13.7. The molecule has 0 saturated carbocycles. The summed E-state index contributed by atoms with van der Waals surface area (Å²) in [6.07, 6.45) is 0.549. The van der Waals surface area contributed by atoms with Gasteiger partial charge in [0.05, 0.1) is 12.2 Å². The number of benzene rings is 1. The minimum absolute atomic E-state index is 0.171. The molecular formula is C20H18Br2FN3O4S. The zero-order chi connectivity index (χ0) is 22.5. The van der Waals surface area contributed by atoms with Crippen LogP contribution in [0.4, 0.5) is 4.39 Å². The number of aliphatic imine (C=N–C) groups is 1. The summed E-state index contributed by atoms with van der Waals surface area (Å²) in [6, 6.07) is 3.32. The minimum atomic E-state index is -1.10. The number of allylic oxidation sites excluding steroid dienone is 1. The van der Waals surface area contributed by atoms with Crippen LogP contribution in [0, 0.1) is 5.82 Å². The van der Waals surface area contributed by atoms with Crippen molar-refractivity contribution >= 4 is 61.0 Å². The first-order valence-electron chi connectivity index (χ1n) is 9.21. The second kappa shape index (κ2) is 10.5. The van der Waals surface area contributed by atoms with Crippen LogP contribution in [0.2, 0.25) is 0 Å². The third kappa shape index (κ3) is 5.39. The average molecular weight is 575 g/mol. The predicted octanol–water partition coefficient (Wildman–Crippen LogP) is 4.28. The number of carbonyl (C=O) groups is 2. The summed E-state index contributed by atoms with van der Waals surface area (Å²) in [4.78, 5) is 34.0. The number of ether oxygens (including phenoxy) is 2. The number of hydrogen-bond acceptors (Lipinski definition) is 8. The van der Waals surface area contributed by atoms with Crippen LogP contribution in [-0.2, 0) is 19.1 Å². The van der Waals surface area contributed by atoms with Crippen molar-refractivity contribution < 1.29 is 23.5 Å². The minimum Gasteiger partial charge on any atom is -0.463 e. The van der Waals surface area contributed by atoms with E-state index in [2.05, 4.69) is 47.2 Å². The second-order valence-corrected chi connectivity index (χ2v) is 8.64. The molecule has 7 nitrogen and oxygen atoms in total. The maximum atomic E-state index is 13.7. The summed E-state index contributed by atoms with van der Waals surface area (Å²) in [6.45, 7) is 3.28. The Labute approximate surface area is 199 Å². The van der Waals surface area contributed by atoms with Gasteiger partial charge in [-0.05, 0) is 31.5 Å². The molecule has 2 heterocycles. The Morgan fingerprint density at radius 2 is 2.16 bits per heavy atom. The standard InChI is InChI=1S/C20H18Br2FN3O4S/c1-3-29-19(27)10(2)30-20(28)15-14(9-21)25-17(18-24-6-7-31-18)26-16(15)12-5-4-11(23)8-13(12)22/h4-8,10,16H,3,9H2,1-2H3,(H,25,26). The van der Waals surface area contributed by atoms with Crippen molar-refractivity contribution in [1.29, 1.82) is 0 Å². The molecule has 1 aromatic heterocycles. The van der Waals surface area contributed by atoms with Crippen LogP contribution in [0.3, 0.4) is 0 Å². The normalized spacial score (nSPS) is 16.9. The highest BCUT2D eigenvalue weighted by Gasteiger charge is 2.35. The lowest BCUT2D eigenvalue weighted by molar-refractivity contribution is -0.164. The molecule has 1 N–H and O–H groups in total. The zero-order valence-electron chi connectivity index (χ0n) is 16.5. The number of amidine groups is 1. The molecule has 3 rings (SSSR count). The molecule has 0 spiro atoms. The van der Waals surface area contributed by atoms with E-state index in [-0.39, 0.29) is 17.5 Å². The predicted molar refractivity (Wildman–Crippen MR) is 122 cm³/mol. The highest BCUT2D eigenvalue weighted by molar-refractivity contribution is 9.10. The van der Waals surface area contributed by atoms with Gasteiger partial charge < -0.3 is 14.8 Å². The van der Waals surface area contributed by atoms with Gasteiger partial charge in [-0.15, -0.1) is 11.3 Å². The number of nitrogens with one attached hydrogen (secondary N) is 1. The molecule has 2 atom stereocenters. The largest absolute Gasteiger partial charge is 0.463 e. The van der Waals surface area contributed by atoms with E-state index >= 15 is 0 Å². The summed E-state index contributed by atoms with van der Waals surface area (Å²) in [7, 11) is 0. The van der Waals surface area contributed by atoms with E-state index in [1.54, 1.807) is 19.2 Å². The Morgan fingerprint density at radius 1 is 1.39 bits per heavy atom. The molecule has 0 bridgehead atoms. The molecule has 0 fully saturated rings. The molecule has 1 aliphatic heterocycles. The maximum Gasteiger partial charge on any atom is 0.347 e. The average Bonchev–Trinajstić information content (AvgIpc) is 3.27. The Morgan fingerprint density at radius 3 is 2.77 bits per heavy atom. The number of esters is 2. The van der Waals surface area contributed by atoms with Crippen molar-refractivity contribution in [3.8, 4) is 0 Å². The van der Waals surface area contributed by atoms with E-state index in [4.69, 9.17) is 9.47 Å². The van der Waals surface area contributed by atoms with Gasteiger partial charge in [0.15, 0.2) is 16.9 Å². The van der Waals surface area contributed by atoms with E-state index in [1.807, 2.05) is 5.38 Å².